The number of nitrogens with one attached hydrogen (secondary N) is 1. The van der Waals surface area contributed by atoms with E-state index in [2.05, 4.69) is 5.32 Å². The first-order chi connectivity index (χ1) is 21.3. The number of hydrogen-bond acceptors (Lipinski definition) is 7. The highest BCUT2D eigenvalue weighted by molar-refractivity contribution is 6.25. The van der Waals surface area contributed by atoms with Gasteiger partial charge >= 0.3 is 5.97 Å². The van der Waals surface area contributed by atoms with Crippen molar-refractivity contribution in [3.63, 3.8) is 0 Å². The number of nitro benzene ring substituents is 1. The average molecular weight is 588 g/mol. The first-order valence-corrected chi connectivity index (χ1v) is 14.1. The normalized spacial score (nSPS) is 20.9. The Morgan fingerprint density at radius 2 is 1.34 bits per heavy atom. The second-order valence-electron chi connectivity index (χ2n) is 11.2. The van der Waals surface area contributed by atoms with Gasteiger partial charge in [0, 0.05) is 29.2 Å². The van der Waals surface area contributed by atoms with E-state index in [1.807, 2.05) is 48.5 Å². The number of benzene rings is 4. The quantitative estimate of drug-likeness (QED) is 0.144. The molecular formula is C34H25N3O7. The molecule has 0 saturated carbocycles. The minimum atomic E-state index is -0.893. The van der Waals surface area contributed by atoms with Crippen molar-refractivity contribution in [2.45, 2.75) is 18.8 Å². The number of carbonyl (C=O) groups excluding carboxylic acids is 4. The van der Waals surface area contributed by atoms with Crippen LogP contribution in [-0.2, 0) is 19.1 Å². The van der Waals surface area contributed by atoms with Gasteiger partial charge in [-0.2, -0.15) is 0 Å². The molecule has 3 amide bonds. The van der Waals surface area contributed by atoms with Crippen molar-refractivity contribution >= 4 is 40.8 Å². The lowest BCUT2D eigenvalue weighted by molar-refractivity contribution is -0.385. The molecule has 0 radical (unpaired) electrons. The third-order valence-corrected chi connectivity index (χ3v) is 8.84. The van der Waals surface area contributed by atoms with Gasteiger partial charge in [-0.05, 0) is 47.4 Å². The Kier molecular flexibility index (Phi) is 6.35. The van der Waals surface area contributed by atoms with Crippen molar-refractivity contribution in [1.82, 2.24) is 0 Å². The third-order valence-electron chi connectivity index (χ3n) is 8.84. The summed E-state index contributed by atoms with van der Waals surface area (Å²) in [6.07, 6.45) is 0. The molecule has 2 bridgehead atoms. The number of amides is 3. The SMILES string of the molecule is Cc1ccc(NC(=O)COC(=O)c2ccccc2N2C(=O)[C@@H]3C4c5ccccc5C(c5ccccc54)[C@H]3C2=O)cc1[N+](=O)[O-]. The molecular weight excluding hydrogens is 562 g/mol. The van der Waals surface area contributed by atoms with Crippen molar-refractivity contribution in [3.05, 3.63) is 134 Å². The van der Waals surface area contributed by atoms with Crippen LogP contribution >= 0.6 is 0 Å². The number of para-hydroxylation sites is 1. The van der Waals surface area contributed by atoms with E-state index >= 15 is 0 Å². The van der Waals surface area contributed by atoms with E-state index in [1.165, 1.54) is 30.3 Å². The Morgan fingerprint density at radius 1 is 0.818 bits per heavy atom. The van der Waals surface area contributed by atoms with E-state index in [0.29, 0.717) is 5.56 Å². The van der Waals surface area contributed by atoms with Gasteiger partial charge in [-0.1, -0.05) is 66.7 Å². The molecule has 0 aromatic heterocycles. The molecule has 1 heterocycles. The smallest absolute Gasteiger partial charge is 0.340 e. The first-order valence-electron chi connectivity index (χ1n) is 14.1. The summed E-state index contributed by atoms with van der Waals surface area (Å²) in [7, 11) is 0. The van der Waals surface area contributed by atoms with Crippen LogP contribution in [0.15, 0.2) is 91.0 Å². The molecule has 44 heavy (non-hydrogen) atoms. The highest BCUT2D eigenvalue weighted by atomic mass is 16.6. The third kappa shape index (κ3) is 4.10. The number of hydrogen-bond donors (Lipinski definition) is 1. The minimum absolute atomic E-state index is 0.0333. The Hall–Kier alpha value is -5.64. The van der Waals surface area contributed by atoms with Crippen LogP contribution in [0.5, 0.6) is 0 Å². The number of aryl methyl sites for hydroxylation is 1. The second kappa shape index (κ2) is 10.3. The zero-order valence-corrected chi connectivity index (χ0v) is 23.4. The number of anilines is 2. The lowest BCUT2D eigenvalue weighted by Gasteiger charge is -2.45. The number of rotatable bonds is 6. The molecule has 10 heteroatoms. The molecule has 4 aromatic rings. The summed E-state index contributed by atoms with van der Waals surface area (Å²) < 4.78 is 5.27. The average Bonchev–Trinajstić information content (AvgIpc) is 3.30. The monoisotopic (exact) mass is 587 g/mol. The Labute approximate surface area is 251 Å². The topological polar surface area (TPSA) is 136 Å². The standard InChI is InChI=1S/C34H25N3O7/c1-18-14-15-19(16-26(18)37(42)43)35-27(38)17-44-34(41)24-12-6-7-13-25(24)36-32(39)30-28-20-8-2-3-9-21(20)29(31(30)33(36)40)23-11-5-4-10-22(23)28/h2-16,28-31H,17H2,1H3,(H,35,38)/t28?,29?,30-,31-/m1/s1. The van der Waals surface area contributed by atoms with E-state index in [4.69, 9.17) is 4.74 Å². The molecule has 1 aliphatic heterocycles. The predicted molar refractivity (Wildman–Crippen MR) is 159 cm³/mol. The molecule has 1 fully saturated rings. The van der Waals surface area contributed by atoms with Gasteiger partial charge in [-0.15, -0.1) is 0 Å². The maximum Gasteiger partial charge on any atom is 0.340 e. The van der Waals surface area contributed by atoms with Crippen LogP contribution in [0.3, 0.4) is 0 Å². The van der Waals surface area contributed by atoms with E-state index in [0.717, 1.165) is 27.2 Å². The van der Waals surface area contributed by atoms with Gasteiger partial charge in [0.05, 0.1) is 28.0 Å². The van der Waals surface area contributed by atoms with E-state index < -0.39 is 35.2 Å². The van der Waals surface area contributed by atoms with Crippen molar-refractivity contribution < 1.29 is 28.8 Å². The van der Waals surface area contributed by atoms with E-state index in [-0.39, 0.29) is 46.3 Å². The fraction of sp³-hybridized carbons (Fsp3) is 0.176. The summed E-state index contributed by atoms with van der Waals surface area (Å²) in [5.74, 6) is -4.18. The van der Waals surface area contributed by atoms with Crippen LogP contribution in [0.2, 0.25) is 0 Å². The van der Waals surface area contributed by atoms with Crippen LogP contribution in [0.1, 0.15) is 50.0 Å². The lowest BCUT2D eigenvalue weighted by Crippen LogP contribution is -2.41. The van der Waals surface area contributed by atoms with Crippen molar-refractivity contribution in [2.75, 3.05) is 16.8 Å². The maximum atomic E-state index is 14.1. The molecule has 0 unspecified atom stereocenters. The maximum absolute atomic E-state index is 14.1. The van der Waals surface area contributed by atoms with Crippen molar-refractivity contribution in [3.8, 4) is 0 Å². The lowest BCUT2D eigenvalue weighted by atomic mass is 9.55. The highest BCUT2D eigenvalue weighted by Gasteiger charge is 2.62. The molecule has 0 spiro atoms. The predicted octanol–water partition coefficient (Wildman–Crippen LogP) is 5.10. The largest absolute Gasteiger partial charge is 0.452 e. The first kappa shape index (κ1) is 27.2. The van der Waals surface area contributed by atoms with Crippen LogP contribution in [0, 0.1) is 28.9 Å². The fourth-order valence-corrected chi connectivity index (χ4v) is 7.05. The molecule has 1 N–H and O–H groups in total. The molecule has 8 rings (SSSR count). The van der Waals surface area contributed by atoms with Gasteiger partial charge in [0.2, 0.25) is 11.8 Å². The number of nitro groups is 1. The van der Waals surface area contributed by atoms with Crippen LogP contribution in [0.25, 0.3) is 0 Å². The van der Waals surface area contributed by atoms with Gasteiger partial charge in [-0.3, -0.25) is 24.5 Å². The molecule has 2 atom stereocenters. The van der Waals surface area contributed by atoms with Crippen molar-refractivity contribution in [2.24, 2.45) is 11.8 Å². The van der Waals surface area contributed by atoms with Gasteiger partial charge in [0.1, 0.15) is 0 Å². The minimum Gasteiger partial charge on any atom is -0.452 e. The van der Waals surface area contributed by atoms with Gasteiger partial charge in [-0.25, -0.2) is 9.69 Å². The van der Waals surface area contributed by atoms with Gasteiger partial charge in [0.25, 0.3) is 11.6 Å². The Morgan fingerprint density at radius 3 is 1.89 bits per heavy atom. The zero-order valence-electron chi connectivity index (χ0n) is 23.4. The Bertz CT molecular complexity index is 1800. The molecule has 4 aliphatic rings. The fourth-order valence-electron chi connectivity index (χ4n) is 7.05. The number of imide groups is 1. The summed E-state index contributed by atoms with van der Waals surface area (Å²) >= 11 is 0. The van der Waals surface area contributed by atoms with E-state index in [1.54, 1.807) is 19.1 Å². The Balaban J connectivity index is 1.15. The zero-order chi connectivity index (χ0) is 30.7. The second-order valence-corrected chi connectivity index (χ2v) is 11.2. The number of carbonyl (C=O) groups is 4. The highest BCUT2D eigenvalue weighted by Crippen LogP contribution is 2.61. The van der Waals surface area contributed by atoms with Gasteiger partial charge < -0.3 is 10.1 Å². The number of esters is 1. The molecule has 1 saturated heterocycles. The molecule has 10 nitrogen and oxygen atoms in total. The summed E-state index contributed by atoms with van der Waals surface area (Å²) in [6, 6.07) is 26.2. The van der Waals surface area contributed by atoms with E-state index in [9.17, 15) is 29.3 Å². The van der Waals surface area contributed by atoms with Gasteiger partial charge in [0.15, 0.2) is 6.61 Å². The summed E-state index contributed by atoms with van der Waals surface area (Å²) in [6.45, 7) is 0.896. The van der Waals surface area contributed by atoms with Crippen molar-refractivity contribution in [1.29, 1.82) is 0 Å². The van der Waals surface area contributed by atoms with Crippen LogP contribution in [-0.4, -0.2) is 35.2 Å². The van der Waals surface area contributed by atoms with Crippen LogP contribution in [0.4, 0.5) is 17.1 Å². The number of ether oxygens (including phenoxy) is 1. The summed E-state index contributed by atoms with van der Waals surface area (Å²) in [5, 5.41) is 13.7. The number of nitrogens with zero attached hydrogens (tertiary/aromatic N) is 2. The molecule has 4 aromatic carbocycles. The summed E-state index contributed by atoms with van der Waals surface area (Å²) in [4.78, 5) is 65.9. The summed E-state index contributed by atoms with van der Waals surface area (Å²) in [5.41, 5.74) is 4.68. The van der Waals surface area contributed by atoms with Crippen LogP contribution < -0.4 is 10.2 Å². The molecule has 3 aliphatic carbocycles. The molecule has 218 valence electrons.